The van der Waals surface area contributed by atoms with Crippen LogP contribution >= 0.6 is 0 Å². The average molecular weight is 296 g/mol. The molecule has 2 N–H and O–H groups in total. The Morgan fingerprint density at radius 2 is 2.00 bits per heavy atom. The van der Waals surface area contributed by atoms with E-state index in [1.165, 1.54) is 19.3 Å². The van der Waals surface area contributed by atoms with E-state index in [1.54, 1.807) is 0 Å². The van der Waals surface area contributed by atoms with Gasteiger partial charge in [0.1, 0.15) is 0 Å². The smallest absolute Gasteiger partial charge is 0.307 e. The second kappa shape index (κ2) is 6.66. The molecule has 3 unspecified atom stereocenters. The second-order valence-electron chi connectivity index (χ2n) is 8.29. The number of nitrogens with zero attached hydrogens (tertiary/aromatic N) is 1. The zero-order valence-electron chi connectivity index (χ0n) is 14.1. The van der Waals surface area contributed by atoms with Gasteiger partial charge < -0.3 is 10.4 Å². The van der Waals surface area contributed by atoms with Crippen LogP contribution in [0.15, 0.2) is 0 Å². The molecule has 1 heterocycles. The van der Waals surface area contributed by atoms with Crippen molar-refractivity contribution >= 4 is 5.97 Å². The highest BCUT2D eigenvalue weighted by molar-refractivity contribution is 5.70. The fourth-order valence-electron chi connectivity index (χ4n) is 3.46. The van der Waals surface area contributed by atoms with E-state index in [1.807, 2.05) is 0 Å². The number of aliphatic carboxylic acids is 1. The van der Waals surface area contributed by atoms with E-state index in [-0.39, 0.29) is 11.3 Å². The Morgan fingerprint density at radius 3 is 2.48 bits per heavy atom. The first-order valence-corrected chi connectivity index (χ1v) is 8.46. The van der Waals surface area contributed by atoms with Crippen LogP contribution in [0, 0.1) is 17.3 Å². The standard InChI is InChI=1S/C17H32N2O2/c1-12(13-6-5-7-13)19-9-14(16(20)21)8-15(10-19)18-11-17(2,3)4/h12-15,18H,5-11H2,1-4H3,(H,20,21). The van der Waals surface area contributed by atoms with Crippen LogP contribution in [0.4, 0.5) is 0 Å². The summed E-state index contributed by atoms with van der Waals surface area (Å²) in [7, 11) is 0. The topological polar surface area (TPSA) is 52.6 Å². The summed E-state index contributed by atoms with van der Waals surface area (Å²) < 4.78 is 0. The molecule has 0 aromatic heterocycles. The van der Waals surface area contributed by atoms with Crippen molar-refractivity contribution in [3.8, 4) is 0 Å². The van der Waals surface area contributed by atoms with E-state index in [9.17, 15) is 9.90 Å². The van der Waals surface area contributed by atoms with Crippen molar-refractivity contribution in [3.05, 3.63) is 0 Å². The van der Waals surface area contributed by atoms with Gasteiger partial charge >= 0.3 is 5.97 Å². The van der Waals surface area contributed by atoms with E-state index in [0.717, 1.165) is 32.0 Å². The number of piperidine rings is 1. The first kappa shape index (κ1) is 16.8. The summed E-state index contributed by atoms with van der Waals surface area (Å²) in [5.41, 5.74) is 0.237. The maximum absolute atomic E-state index is 11.5. The summed E-state index contributed by atoms with van der Waals surface area (Å²) in [4.78, 5) is 13.9. The number of carboxylic acids is 1. The highest BCUT2D eigenvalue weighted by atomic mass is 16.4. The molecule has 122 valence electrons. The number of likely N-dealkylation sites (tertiary alicyclic amines) is 1. The number of hydrogen-bond acceptors (Lipinski definition) is 3. The molecule has 2 fully saturated rings. The summed E-state index contributed by atoms with van der Waals surface area (Å²) >= 11 is 0. The lowest BCUT2D eigenvalue weighted by molar-refractivity contribution is -0.144. The lowest BCUT2D eigenvalue weighted by Gasteiger charge is -2.45. The first-order chi connectivity index (χ1) is 9.76. The van der Waals surface area contributed by atoms with E-state index >= 15 is 0 Å². The van der Waals surface area contributed by atoms with Gasteiger partial charge in [0.15, 0.2) is 0 Å². The van der Waals surface area contributed by atoms with Gasteiger partial charge in [-0.1, -0.05) is 27.2 Å². The molecule has 2 rings (SSSR count). The molecule has 1 saturated carbocycles. The predicted molar refractivity (Wildman–Crippen MR) is 85.4 cm³/mol. The Morgan fingerprint density at radius 1 is 1.33 bits per heavy atom. The van der Waals surface area contributed by atoms with Crippen molar-refractivity contribution in [2.24, 2.45) is 17.3 Å². The Hall–Kier alpha value is -0.610. The van der Waals surface area contributed by atoms with Gasteiger partial charge in [-0.3, -0.25) is 9.69 Å². The van der Waals surface area contributed by atoms with Gasteiger partial charge in [-0.2, -0.15) is 0 Å². The number of nitrogens with one attached hydrogen (secondary N) is 1. The molecule has 21 heavy (non-hydrogen) atoms. The van der Waals surface area contributed by atoms with Gasteiger partial charge in [0.05, 0.1) is 5.92 Å². The Kier molecular flexibility index (Phi) is 5.31. The summed E-state index contributed by atoms with van der Waals surface area (Å²) in [5.74, 6) is -0.0809. The van der Waals surface area contributed by atoms with E-state index in [4.69, 9.17) is 0 Å². The summed E-state index contributed by atoms with van der Waals surface area (Å²) in [6.07, 6.45) is 4.74. The van der Waals surface area contributed by atoms with Crippen LogP contribution < -0.4 is 5.32 Å². The van der Waals surface area contributed by atoms with Crippen LogP contribution in [0.2, 0.25) is 0 Å². The first-order valence-electron chi connectivity index (χ1n) is 8.46. The molecule has 2 aliphatic rings. The van der Waals surface area contributed by atoms with Crippen molar-refractivity contribution in [2.45, 2.75) is 65.5 Å². The molecule has 4 nitrogen and oxygen atoms in total. The molecule has 1 saturated heterocycles. The molecule has 0 aromatic carbocycles. The molecular formula is C17H32N2O2. The third kappa shape index (κ3) is 4.68. The third-order valence-electron chi connectivity index (χ3n) is 5.16. The summed E-state index contributed by atoms with van der Waals surface area (Å²) in [6, 6.07) is 0.835. The van der Waals surface area contributed by atoms with Crippen LogP contribution in [0.25, 0.3) is 0 Å². The quantitative estimate of drug-likeness (QED) is 0.819. The zero-order chi connectivity index (χ0) is 15.6. The van der Waals surface area contributed by atoms with Crippen molar-refractivity contribution in [3.63, 3.8) is 0 Å². The lowest BCUT2D eigenvalue weighted by Crippen LogP contribution is -2.56. The van der Waals surface area contributed by atoms with Crippen molar-refractivity contribution < 1.29 is 9.90 Å². The molecule has 1 aliphatic heterocycles. The molecule has 0 bridgehead atoms. The van der Waals surface area contributed by atoms with Crippen LogP contribution in [0.3, 0.4) is 0 Å². The maximum atomic E-state index is 11.5. The Labute approximate surface area is 129 Å². The number of carboxylic acid groups (broad SMARTS) is 1. The largest absolute Gasteiger partial charge is 0.481 e. The van der Waals surface area contributed by atoms with Crippen molar-refractivity contribution in [2.75, 3.05) is 19.6 Å². The van der Waals surface area contributed by atoms with Gasteiger partial charge in [-0.05, 0) is 37.5 Å². The van der Waals surface area contributed by atoms with E-state index in [2.05, 4.69) is 37.9 Å². The molecule has 0 spiro atoms. The van der Waals surface area contributed by atoms with Gasteiger partial charge in [-0.25, -0.2) is 0 Å². The molecule has 3 atom stereocenters. The van der Waals surface area contributed by atoms with Crippen LogP contribution in [0.5, 0.6) is 0 Å². The van der Waals surface area contributed by atoms with Crippen LogP contribution in [0.1, 0.15) is 53.4 Å². The predicted octanol–water partition coefficient (Wildman–Crippen LogP) is 2.59. The molecule has 1 aliphatic carbocycles. The second-order valence-corrected chi connectivity index (χ2v) is 8.29. The van der Waals surface area contributed by atoms with E-state index in [0.29, 0.717) is 12.1 Å². The Balaban J connectivity index is 1.95. The number of carbonyl (C=O) groups is 1. The zero-order valence-corrected chi connectivity index (χ0v) is 14.1. The van der Waals surface area contributed by atoms with Gasteiger partial charge in [0.25, 0.3) is 0 Å². The van der Waals surface area contributed by atoms with Crippen molar-refractivity contribution in [1.82, 2.24) is 10.2 Å². The van der Waals surface area contributed by atoms with Crippen LogP contribution in [-0.4, -0.2) is 47.7 Å². The third-order valence-corrected chi connectivity index (χ3v) is 5.16. The normalized spacial score (nSPS) is 29.9. The molecule has 0 radical (unpaired) electrons. The minimum atomic E-state index is -0.636. The molecular weight excluding hydrogens is 264 g/mol. The minimum absolute atomic E-state index is 0.223. The highest BCUT2D eigenvalue weighted by Crippen LogP contribution is 2.34. The maximum Gasteiger partial charge on any atom is 0.307 e. The van der Waals surface area contributed by atoms with Gasteiger partial charge in [0.2, 0.25) is 0 Å². The highest BCUT2D eigenvalue weighted by Gasteiger charge is 2.37. The van der Waals surface area contributed by atoms with E-state index < -0.39 is 5.97 Å². The molecule has 0 amide bonds. The number of hydrogen-bond donors (Lipinski definition) is 2. The Bertz CT molecular complexity index is 360. The summed E-state index contributed by atoms with van der Waals surface area (Å²) in [5, 5.41) is 13.0. The van der Waals surface area contributed by atoms with Crippen LogP contribution in [-0.2, 0) is 4.79 Å². The lowest BCUT2D eigenvalue weighted by atomic mass is 9.78. The van der Waals surface area contributed by atoms with Crippen molar-refractivity contribution in [1.29, 1.82) is 0 Å². The monoisotopic (exact) mass is 296 g/mol. The van der Waals surface area contributed by atoms with Gasteiger partial charge in [0, 0.05) is 31.7 Å². The molecule has 0 aromatic rings. The SMILES string of the molecule is CC(C1CCC1)N1CC(NCC(C)(C)C)CC(C(=O)O)C1. The average Bonchev–Trinajstić information content (AvgIpc) is 2.33. The fraction of sp³-hybridized carbons (Fsp3) is 0.941. The fourth-order valence-corrected chi connectivity index (χ4v) is 3.46. The molecule has 4 heteroatoms. The summed E-state index contributed by atoms with van der Waals surface area (Å²) in [6.45, 7) is 11.6. The minimum Gasteiger partial charge on any atom is -0.481 e. The van der Waals surface area contributed by atoms with Gasteiger partial charge in [-0.15, -0.1) is 0 Å². The number of rotatable bonds is 5.